The lowest BCUT2D eigenvalue weighted by Gasteiger charge is -2.12. The van der Waals surface area contributed by atoms with E-state index in [0.717, 1.165) is 25.3 Å². The summed E-state index contributed by atoms with van der Waals surface area (Å²) in [6.45, 7) is 3.10. The molecule has 0 heterocycles. The first-order valence-corrected chi connectivity index (χ1v) is 7.88. The van der Waals surface area contributed by atoms with Gasteiger partial charge in [0, 0.05) is 46.5 Å². The van der Waals surface area contributed by atoms with Crippen molar-refractivity contribution in [1.82, 2.24) is 9.62 Å². The monoisotopic (exact) mass is 301 g/mol. The van der Waals surface area contributed by atoms with Crippen molar-refractivity contribution >= 4 is 15.7 Å². The van der Waals surface area contributed by atoms with Crippen LogP contribution in [-0.2, 0) is 14.8 Å². The summed E-state index contributed by atoms with van der Waals surface area (Å²) in [4.78, 5) is 0.297. The molecule has 7 heteroatoms. The topological polar surface area (TPSA) is 70.7 Å². The molecule has 20 heavy (non-hydrogen) atoms. The Morgan fingerprint density at radius 1 is 1.10 bits per heavy atom. The van der Waals surface area contributed by atoms with Crippen LogP contribution in [0.4, 0.5) is 5.69 Å². The molecule has 1 rings (SSSR count). The highest BCUT2D eigenvalue weighted by Crippen LogP contribution is 2.16. The summed E-state index contributed by atoms with van der Waals surface area (Å²) >= 11 is 0. The summed E-state index contributed by atoms with van der Waals surface area (Å²) in [7, 11) is 1.36. The van der Waals surface area contributed by atoms with Gasteiger partial charge in [0.15, 0.2) is 0 Å². The Bertz CT molecular complexity index is 486. The number of anilines is 1. The third kappa shape index (κ3) is 5.09. The number of sulfonamides is 1. The normalized spacial score (nSPS) is 11.8. The van der Waals surface area contributed by atoms with Crippen LogP contribution >= 0.6 is 0 Å². The minimum absolute atomic E-state index is 0.297. The van der Waals surface area contributed by atoms with Gasteiger partial charge in [0.05, 0.1) is 11.5 Å². The number of benzene rings is 1. The molecule has 0 bridgehead atoms. The minimum atomic E-state index is -3.35. The molecule has 0 amide bonds. The molecular formula is C13H23N3O3S. The minimum Gasteiger partial charge on any atom is -0.384 e. The quantitative estimate of drug-likeness (QED) is 0.653. The van der Waals surface area contributed by atoms with E-state index in [0.29, 0.717) is 11.5 Å². The molecular weight excluding hydrogens is 278 g/mol. The zero-order valence-corrected chi connectivity index (χ0v) is 13.0. The van der Waals surface area contributed by atoms with Crippen molar-refractivity contribution in [3.05, 3.63) is 24.3 Å². The zero-order valence-electron chi connectivity index (χ0n) is 12.2. The van der Waals surface area contributed by atoms with E-state index in [1.54, 1.807) is 31.4 Å². The molecule has 0 unspecified atom stereocenters. The Labute approximate surface area is 121 Å². The molecule has 0 atom stereocenters. The SMILES string of the molecule is COCCNCCNc1ccc(S(=O)(=O)N(C)C)cc1. The van der Waals surface area contributed by atoms with Crippen LogP contribution in [0.3, 0.4) is 0 Å². The smallest absolute Gasteiger partial charge is 0.242 e. The van der Waals surface area contributed by atoms with E-state index >= 15 is 0 Å². The van der Waals surface area contributed by atoms with Crippen molar-refractivity contribution in [3.63, 3.8) is 0 Å². The molecule has 0 aromatic heterocycles. The molecule has 0 fully saturated rings. The van der Waals surface area contributed by atoms with E-state index in [2.05, 4.69) is 10.6 Å². The lowest BCUT2D eigenvalue weighted by molar-refractivity contribution is 0.200. The van der Waals surface area contributed by atoms with Crippen LogP contribution < -0.4 is 10.6 Å². The summed E-state index contributed by atoms with van der Waals surface area (Å²) < 4.78 is 29.9. The Hall–Kier alpha value is -1.15. The number of rotatable bonds is 9. The van der Waals surface area contributed by atoms with E-state index in [-0.39, 0.29) is 0 Å². The molecule has 0 saturated heterocycles. The highest BCUT2D eigenvalue weighted by molar-refractivity contribution is 7.89. The van der Waals surface area contributed by atoms with E-state index in [1.807, 2.05) is 0 Å². The summed E-state index contributed by atoms with van der Waals surface area (Å²) in [5.41, 5.74) is 0.899. The Kier molecular flexibility index (Phi) is 6.94. The molecule has 0 aliphatic rings. The molecule has 2 N–H and O–H groups in total. The van der Waals surface area contributed by atoms with Crippen LogP contribution in [0.5, 0.6) is 0 Å². The van der Waals surface area contributed by atoms with Crippen molar-refractivity contribution < 1.29 is 13.2 Å². The maximum atomic E-state index is 11.9. The number of hydrogen-bond acceptors (Lipinski definition) is 5. The van der Waals surface area contributed by atoms with Crippen LogP contribution in [0.2, 0.25) is 0 Å². The third-order valence-corrected chi connectivity index (χ3v) is 4.58. The van der Waals surface area contributed by atoms with Crippen LogP contribution in [0, 0.1) is 0 Å². The van der Waals surface area contributed by atoms with Gasteiger partial charge in [-0.15, -0.1) is 0 Å². The van der Waals surface area contributed by atoms with Gasteiger partial charge in [-0.2, -0.15) is 0 Å². The summed E-state index contributed by atoms with van der Waals surface area (Å²) in [6, 6.07) is 6.75. The van der Waals surface area contributed by atoms with Crippen LogP contribution in [-0.4, -0.2) is 60.2 Å². The average molecular weight is 301 g/mol. The van der Waals surface area contributed by atoms with E-state index in [1.165, 1.54) is 18.4 Å². The van der Waals surface area contributed by atoms with Gasteiger partial charge in [0.25, 0.3) is 0 Å². The molecule has 1 aromatic rings. The number of ether oxygens (including phenoxy) is 1. The predicted molar refractivity (Wildman–Crippen MR) is 80.6 cm³/mol. The van der Waals surface area contributed by atoms with Gasteiger partial charge < -0.3 is 15.4 Å². The fourth-order valence-electron chi connectivity index (χ4n) is 1.55. The molecule has 0 aliphatic carbocycles. The summed E-state index contributed by atoms with van der Waals surface area (Å²) in [5.74, 6) is 0. The fourth-order valence-corrected chi connectivity index (χ4v) is 2.45. The first kappa shape index (κ1) is 16.9. The molecule has 1 aromatic carbocycles. The van der Waals surface area contributed by atoms with Gasteiger partial charge in [-0.3, -0.25) is 0 Å². The van der Waals surface area contributed by atoms with Gasteiger partial charge in [0.2, 0.25) is 10.0 Å². The van der Waals surface area contributed by atoms with Crippen molar-refractivity contribution in [2.24, 2.45) is 0 Å². The number of hydrogen-bond donors (Lipinski definition) is 2. The Morgan fingerprint density at radius 3 is 2.30 bits per heavy atom. The fraction of sp³-hybridized carbons (Fsp3) is 0.538. The predicted octanol–water partition coefficient (Wildman–Crippen LogP) is 0.585. The molecule has 0 spiro atoms. The standard InChI is InChI=1S/C13H23N3O3S/c1-16(2)20(17,18)13-6-4-12(5-7-13)15-9-8-14-10-11-19-3/h4-7,14-15H,8-11H2,1-3H3. The lowest BCUT2D eigenvalue weighted by atomic mass is 10.3. The van der Waals surface area contributed by atoms with E-state index in [4.69, 9.17) is 4.74 Å². The van der Waals surface area contributed by atoms with Crippen LogP contribution in [0.15, 0.2) is 29.2 Å². The second-order valence-corrected chi connectivity index (χ2v) is 6.63. The number of nitrogens with one attached hydrogen (secondary N) is 2. The number of methoxy groups -OCH3 is 1. The lowest BCUT2D eigenvalue weighted by Crippen LogP contribution is -2.25. The molecule has 6 nitrogen and oxygen atoms in total. The maximum Gasteiger partial charge on any atom is 0.242 e. The van der Waals surface area contributed by atoms with Crippen LogP contribution in [0.1, 0.15) is 0 Å². The van der Waals surface area contributed by atoms with Gasteiger partial charge >= 0.3 is 0 Å². The molecule has 0 saturated carbocycles. The van der Waals surface area contributed by atoms with Gasteiger partial charge in [-0.25, -0.2) is 12.7 Å². The second kappa shape index (κ2) is 8.21. The highest BCUT2D eigenvalue weighted by Gasteiger charge is 2.16. The van der Waals surface area contributed by atoms with E-state index < -0.39 is 10.0 Å². The first-order valence-electron chi connectivity index (χ1n) is 6.44. The molecule has 114 valence electrons. The molecule has 0 aliphatic heterocycles. The van der Waals surface area contributed by atoms with Crippen molar-refractivity contribution in [2.45, 2.75) is 4.90 Å². The first-order chi connectivity index (χ1) is 9.48. The zero-order chi connectivity index (χ0) is 15.0. The van der Waals surface area contributed by atoms with Gasteiger partial charge in [-0.1, -0.05) is 0 Å². The number of nitrogens with zero attached hydrogens (tertiary/aromatic N) is 1. The van der Waals surface area contributed by atoms with Crippen molar-refractivity contribution in [1.29, 1.82) is 0 Å². The Balaban J connectivity index is 2.44. The Morgan fingerprint density at radius 2 is 1.75 bits per heavy atom. The van der Waals surface area contributed by atoms with Gasteiger partial charge in [-0.05, 0) is 24.3 Å². The van der Waals surface area contributed by atoms with Crippen molar-refractivity contribution in [3.8, 4) is 0 Å². The summed E-state index contributed by atoms with van der Waals surface area (Å²) in [6.07, 6.45) is 0. The maximum absolute atomic E-state index is 11.9. The average Bonchev–Trinajstić information content (AvgIpc) is 2.43. The van der Waals surface area contributed by atoms with E-state index in [9.17, 15) is 8.42 Å². The van der Waals surface area contributed by atoms with Crippen LogP contribution in [0.25, 0.3) is 0 Å². The summed E-state index contributed by atoms with van der Waals surface area (Å²) in [5, 5.41) is 6.43. The van der Waals surface area contributed by atoms with Crippen molar-refractivity contribution in [2.75, 3.05) is 52.8 Å². The highest BCUT2D eigenvalue weighted by atomic mass is 32.2. The van der Waals surface area contributed by atoms with Gasteiger partial charge in [0.1, 0.15) is 0 Å². The second-order valence-electron chi connectivity index (χ2n) is 4.48. The molecule has 0 radical (unpaired) electrons. The third-order valence-electron chi connectivity index (χ3n) is 2.75. The largest absolute Gasteiger partial charge is 0.384 e.